The normalized spacial score (nSPS) is 10.8. The highest BCUT2D eigenvalue weighted by atomic mass is 79.9. The Kier molecular flexibility index (Phi) is 9.53. The van der Waals surface area contributed by atoms with E-state index in [1.165, 1.54) is 17.6 Å². The average Bonchev–Trinajstić information content (AvgIpc) is 3.42. The molecule has 0 fully saturated rings. The van der Waals surface area contributed by atoms with Gasteiger partial charge < -0.3 is 14.8 Å². The summed E-state index contributed by atoms with van der Waals surface area (Å²) < 4.78 is 12.1. The van der Waals surface area contributed by atoms with E-state index in [0.717, 1.165) is 10.4 Å². The van der Waals surface area contributed by atoms with E-state index in [1.54, 1.807) is 49.6 Å². The van der Waals surface area contributed by atoms with Crippen LogP contribution < -0.4 is 20.2 Å². The fourth-order valence-electron chi connectivity index (χ4n) is 3.40. The quantitative estimate of drug-likeness (QED) is 0.154. The number of amides is 2. The number of hydrogen-bond acceptors (Lipinski definition) is 6. The summed E-state index contributed by atoms with van der Waals surface area (Å²) in [5.74, 6) is 0.563. The van der Waals surface area contributed by atoms with Gasteiger partial charge in [0.2, 0.25) is 5.91 Å². The van der Waals surface area contributed by atoms with Gasteiger partial charge in [-0.3, -0.25) is 9.59 Å². The Balaban J connectivity index is 1.32. The van der Waals surface area contributed by atoms with Gasteiger partial charge >= 0.3 is 0 Å². The molecule has 4 rings (SSSR count). The molecule has 0 aliphatic carbocycles. The molecule has 0 aliphatic heterocycles. The van der Waals surface area contributed by atoms with Gasteiger partial charge in [0.15, 0.2) is 11.5 Å². The van der Waals surface area contributed by atoms with Gasteiger partial charge in [0.25, 0.3) is 5.91 Å². The first-order valence-corrected chi connectivity index (χ1v) is 13.5. The number of thiophene rings is 1. The number of hydrogen-bond donors (Lipinski definition) is 2. The molecule has 0 atom stereocenters. The number of nitrogens with zero attached hydrogens (tertiary/aromatic N) is 1. The predicted molar refractivity (Wildman–Crippen MR) is 155 cm³/mol. The summed E-state index contributed by atoms with van der Waals surface area (Å²) in [5, 5.41) is 9.48. The summed E-state index contributed by atoms with van der Waals surface area (Å²) in [6.07, 6.45) is 1.82. The van der Waals surface area contributed by atoms with Gasteiger partial charge in [-0.1, -0.05) is 29.8 Å². The van der Waals surface area contributed by atoms with E-state index >= 15 is 0 Å². The number of ether oxygens (including phenoxy) is 2. The lowest BCUT2D eigenvalue weighted by atomic mass is 10.2. The van der Waals surface area contributed by atoms with Crippen molar-refractivity contribution in [3.63, 3.8) is 0 Å². The number of rotatable bonds is 10. The number of methoxy groups -OCH3 is 1. The average molecular weight is 613 g/mol. The minimum atomic E-state index is -0.383. The third-order valence-electron chi connectivity index (χ3n) is 5.27. The number of carbonyl (C=O) groups excluding carboxylic acids is 2. The highest BCUT2D eigenvalue weighted by molar-refractivity contribution is 9.10. The molecule has 0 unspecified atom stereocenters. The standard InChI is InChI=1S/C28H23BrClN3O4S/c1-36-25-14-19(13-24(29)27(25)37-17-18-4-8-21(30)9-5-18)16-31-33-28(35)20-6-10-22(11-7-20)32-26(34)15-23-3-2-12-38-23/h2-14,16H,15,17H2,1H3,(H,32,34)(H,33,35)/b31-16+. The van der Waals surface area contributed by atoms with E-state index in [9.17, 15) is 9.59 Å². The van der Waals surface area contributed by atoms with Crippen LogP contribution >= 0.6 is 38.9 Å². The number of halogens is 2. The van der Waals surface area contributed by atoms with E-state index in [4.69, 9.17) is 21.1 Å². The molecular formula is C28H23BrClN3O4S. The lowest BCUT2D eigenvalue weighted by Crippen LogP contribution is -2.18. The van der Waals surface area contributed by atoms with Crippen molar-refractivity contribution in [3.8, 4) is 11.5 Å². The van der Waals surface area contributed by atoms with Gasteiger partial charge in [0.05, 0.1) is 24.2 Å². The number of hydrazone groups is 1. The molecule has 0 spiro atoms. The summed E-state index contributed by atoms with van der Waals surface area (Å²) in [5.41, 5.74) is 5.18. The Labute approximate surface area is 237 Å². The predicted octanol–water partition coefficient (Wildman–Crippen LogP) is 6.70. The van der Waals surface area contributed by atoms with Crippen molar-refractivity contribution >= 4 is 62.6 Å². The van der Waals surface area contributed by atoms with Gasteiger partial charge in [-0.25, -0.2) is 5.43 Å². The summed E-state index contributed by atoms with van der Waals surface area (Å²) in [4.78, 5) is 25.6. The first kappa shape index (κ1) is 27.4. The van der Waals surface area contributed by atoms with Gasteiger partial charge in [-0.15, -0.1) is 11.3 Å². The molecule has 4 aromatic rings. The lowest BCUT2D eigenvalue weighted by molar-refractivity contribution is -0.115. The molecule has 3 aromatic carbocycles. The van der Waals surface area contributed by atoms with Crippen molar-refractivity contribution in [2.75, 3.05) is 12.4 Å². The SMILES string of the molecule is COc1cc(/C=N/NC(=O)c2ccc(NC(=O)Cc3cccs3)cc2)cc(Br)c1OCc1ccc(Cl)cc1. The van der Waals surface area contributed by atoms with Crippen LogP contribution in [0.5, 0.6) is 11.5 Å². The van der Waals surface area contributed by atoms with Crippen molar-refractivity contribution < 1.29 is 19.1 Å². The van der Waals surface area contributed by atoms with Gasteiger partial charge in [-0.2, -0.15) is 5.10 Å². The fraction of sp³-hybridized carbons (Fsp3) is 0.107. The molecule has 38 heavy (non-hydrogen) atoms. The largest absolute Gasteiger partial charge is 0.493 e. The molecule has 1 aromatic heterocycles. The van der Waals surface area contributed by atoms with Crippen molar-refractivity contribution in [1.29, 1.82) is 0 Å². The molecule has 0 aliphatic rings. The van der Waals surface area contributed by atoms with Crippen LogP contribution in [0.3, 0.4) is 0 Å². The zero-order valence-electron chi connectivity index (χ0n) is 20.2. The maximum atomic E-state index is 12.5. The van der Waals surface area contributed by atoms with Crippen molar-refractivity contribution in [2.45, 2.75) is 13.0 Å². The van der Waals surface area contributed by atoms with Crippen LogP contribution in [0.2, 0.25) is 5.02 Å². The van der Waals surface area contributed by atoms with Gasteiger partial charge in [0.1, 0.15) is 6.61 Å². The van der Waals surface area contributed by atoms with Crippen molar-refractivity contribution in [2.24, 2.45) is 5.10 Å². The lowest BCUT2D eigenvalue weighted by Gasteiger charge is -2.13. The Hall–Kier alpha value is -3.66. The molecule has 0 bridgehead atoms. The van der Waals surface area contributed by atoms with Crippen LogP contribution in [0.15, 0.2) is 87.8 Å². The zero-order chi connectivity index (χ0) is 26.9. The van der Waals surface area contributed by atoms with Crippen molar-refractivity contribution in [1.82, 2.24) is 5.43 Å². The highest BCUT2D eigenvalue weighted by Gasteiger charge is 2.12. The Morgan fingerprint density at radius 2 is 1.84 bits per heavy atom. The van der Waals surface area contributed by atoms with E-state index in [0.29, 0.717) is 50.8 Å². The summed E-state index contributed by atoms with van der Waals surface area (Å²) in [7, 11) is 1.55. The maximum absolute atomic E-state index is 12.5. The number of carbonyl (C=O) groups is 2. The van der Waals surface area contributed by atoms with E-state index in [-0.39, 0.29) is 11.8 Å². The smallest absolute Gasteiger partial charge is 0.271 e. The molecule has 7 nitrogen and oxygen atoms in total. The summed E-state index contributed by atoms with van der Waals surface area (Å²) in [6, 6.07) is 21.4. The van der Waals surface area contributed by atoms with Crippen molar-refractivity contribution in [3.05, 3.63) is 109 Å². The molecular weight excluding hydrogens is 590 g/mol. The molecule has 0 saturated heterocycles. The van der Waals surface area contributed by atoms with Crippen LogP contribution in [-0.4, -0.2) is 25.1 Å². The minimum absolute atomic E-state index is 0.114. The summed E-state index contributed by atoms with van der Waals surface area (Å²) in [6.45, 7) is 0.340. The third kappa shape index (κ3) is 7.67. The van der Waals surface area contributed by atoms with Gasteiger partial charge in [0, 0.05) is 21.2 Å². The fourth-order valence-corrected chi connectivity index (χ4v) is 4.81. The number of anilines is 1. The molecule has 2 N–H and O–H groups in total. The zero-order valence-corrected chi connectivity index (χ0v) is 23.4. The second-order valence-corrected chi connectivity index (χ2v) is 10.4. The van der Waals surface area contributed by atoms with Crippen LogP contribution in [0.25, 0.3) is 0 Å². The molecule has 0 radical (unpaired) electrons. The Morgan fingerprint density at radius 1 is 1.08 bits per heavy atom. The van der Waals surface area contributed by atoms with Crippen LogP contribution in [0.1, 0.15) is 26.4 Å². The first-order valence-electron chi connectivity index (χ1n) is 11.4. The molecule has 2 amide bonds. The van der Waals surface area contributed by atoms with E-state index < -0.39 is 0 Å². The second kappa shape index (κ2) is 13.2. The van der Waals surface area contributed by atoms with E-state index in [2.05, 4.69) is 31.8 Å². The second-order valence-electron chi connectivity index (χ2n) is 8.03. The monoisotopic (exact) mass is 611 g/mol. The first-order chi connectivity index (χ1) is 18.4. The molecule has 0 saturated carbocycles. The topological polar surface area (TPSA) is 89.0 Å². The third-order valence-corrected chi connectivity index (χ3v) is 6.99. The highest BCUT2D eigenvalue weighted by Crippen LogP contribution is 2.37. The van der Waals surface area contributed by atoms with Crippen LogP contribution in [0.4, 0.5) is 5.69 Å². The Morgan fingerprint density at radius 3 is 2.53 bits per heavy atom. The van der Waals surface area contributed by atoms with Crippen LogP contribution in [0, 0.1) is 0 Å². The minimum Gasteiger partial charge on any atom is -0.493 e. The molecule has 10 heteroatoms. The molecule has 194 valence electrons. The number of benzene rings is 3. The maximum Gasteiger partial charge on any atom is 0.271 e. The molecule has 1 heterocycles. The summed E-state index contributed by atoms with van der Waals surface area (Å²) >= 11 is 11.0. The number of nitrogens with one attached hydrogen (secondary N) is 2. The van der Waals surface area contributed by atoms with Gasteiger partial charge in [-0.05, 0) is 87.0 Å². The van der Waals surface area contributed by atoms with Crippen LogP contribution in [-0.2, 0) is 17.8 Å². The Bertz CT molecular complexity index is 1430. The van der Waals surface area contributed by atoms with E-state index in [1.807, 2.05) is 35.7 Å².